The minimum Gasteiger partial charge on any atom is -0.362 e. The van der Waals surface area contributed by atoms with E-state index in [1.807, 2.05) is 17.8 Å². The SMILES string of the molecule is S=C(NCCSc1ccccc1)NCc1ccc(CN2CCCCC2)cc1. The van der Waals surface area contributed by atoms with Gasteiger partial charge in [0.05, 0.1) is 0 Å². The first-order chi connectivity index (χ1) is 13.3. The summed E-state index contributed by atoms with van der Waals surface area (Å²) in [5, 5.41) is 7.30. The Kier molecular flexibility index (Phi) is 8.46. The van der Waals surface area contributed by atoms with Crippen molar-refractivity contribution < 1.29 is 0 Å². The third-order valence-corrected chi connectivity index (χ3v) is 6.03. The van der Waals surface area contributed by atoms with E-state index < -0.39 is 0 Å². The second-order valence-electron chi connectivity index (χ2n) is 6.92. The van der Waals surface area contributed by atoms with Crippen LogP contribution in [0.5, 0.6) is 0 Å². The highest BCUT2D eigenvalue weighted by Gasteiger charge is 2.10. The van der Waals surface area contributed by atoms with Crippen LogP contribution >= 0.6 is 24.0 Å². The lowest BCUT2D eigenvalue weighted by molar-refractivity contribution is 0.221. The van der Waals surface area contributed by atoms with Gasteiger partial charge in [0.2, 0.25) is 0 Å². The molecular weight excluding hydrogens is 370 g/mol. The maximum Gasteiger partial charge on any atom is 0.166 e. The Balaban J connectivity index is 1.31. The molecule has 3 rings (SSSR count). The van der Waals surface area contributed by atoms with E-state index >= 15 is 0 Å². The van der Waals surface area contributed by atoms with E-state index in [1.165, 1.54) is 48.4 Å². The number of nitrogens with one attached hydrogen (secondary N) is 2. The summed E-state index contributed by atoms with van der Waals surface area (Å²) in [6.45, 7) is 5.19. The van der Waals surface area contributed by atoms with Crippen LogP contribution < -0.4 is 10.6 Å². The smallest absolute Gasteiger partial charge is 0.166 e. The normalized spacial score (nSPS) is 14.7. The molecule has 2 aromatic carbocycles. The molecule has 0 radical (unpaired) electrons. The van der Waals surface area contributed by atoms with E-state index in [1.54, 1.807) is 0 Å². The molecule has 0 saturated carbocycles. The van der Waals surface area contributed by atoms with E-state index in [-0.39, 0.29) is 0 Å². The summed E-state index contributed by atoms with van der Waals surface area (Å²) < 4.78 is 0. The molecule has 0 atom stereocenters. The van der Waals surface area contributed by atoms with Crippen molar-refractivity contribution in [2.24, 2.45) is 0 Å². The van der Waals surface area contributed by atoms with E-state index in [0.717, 1.165) is 30.5 Å². The Morgan fingerprint density at radius 1 is 0.889 bits per heavy atom. The molecule has 0 spiro atoms. The monoisotopic (exact) mass is 399 g/mol. The van der Waals surface area contributed by atoms with Crippen LogP contribution in [0, 0.1) is 0 Å². The van der Waals surface area contributed by atoms with Gasteiger partial charge in [-0.3, -0.25) is 4.90 Å². The number of benzene rings is 2. The zero-order chi connectivity index (χ0) is 18.7. The molecule has 3 nitrogen and oxygen atoms in total. The Morgan fingerprint density at radius 2 is 1.59 bits per heavy atom. The first-order valence-electron chi connectivity index (χ1n) is 9.79. The van der Waals surface area contributed by atoms with Gasteiger partial charge in [0.25, 0.3) is 0 Å². The summed E-state index contributed by atoms with van der Waals surface area (Å²) in [6, 6.07) is 19.4. The molecule has 0 aromatic heterocycles. The third-order valence-electron chi connectivity index (χ3n) is 4.73. The molecule has 1 saturated heterocycles. The third kappa shape index (κ3) is 7.53. The molecule has 0 unspecified atom stereocenters. The second-order valence-corrected chi connectivity index (χ2v) is 8.50. The molecule has 0 bridgehead atoms. The number of nitrogens with zero attached hydrogens (tertiary/aromatic N) is 1. The van der Waals surface area contributed by atoms with Crippen molar-refractivity contribution in [1.82, 2.24) is 15.5 Å². The number of rotatable bonds is 8. The summed E-state index contributed by atoms with van der Waals surface area (Å²) in [4.78, 5) is 3.85. The van der Waals surface area contributed by atoms with Gasteiger partial charge in [-0.2, -0.15) is 0 Å². The zero-order valence-corrected chi connectivity index (χ0v) is 17.5. The first kappa shape index (κ1) is 20.2. The van der Waals surface area contributed by atoms with E-state index in [0.29, 0.717) is 0 Å². The minimum atomic E-state index is 0.723. The standard InChI is InChI=1S/C22H29N3S2/c26-22(23-13-16-27-21-7-3-1-4-8-21)24-17-19-9-11-20(12-10-19)18-25-14-5-2-6-15-25/h1,3-4,7-12H,2,5-6,13-18H2,(H2,23,24,26). The molecule has 1 heterocycles. The Labute approximate surface area is 172 Å². The predicted molar refractivity (Wildman–Crippen MR) is 120 cm³/mol. The van der Waals surface area contributed by atoms with Crippen molar-refractivity contribution in [3.63, 3.8) is 0 Å². The van der Waals surface area contributed by atoms with E-state index in [4.69, 9.17) is 12.2 Å². The minimum absolute atomic E-state index is 0.723. The van der Waals surface area contributed by atoms with Crippen molar-refractivity contribution in [2.75, 3.05) is 25.4 Å². The summed E-state index contributed by atoms with van der Waals surface area (Å²) in [6.07, 6.45) is 4.08. The number of thiocarbonyl (C=S) groups is 1. The van der Waals surface area contributed by atoms with E-state index in [2.05, 4.69) is 64.1 Å². The van der Waals surface area contributed by atoms with Gasteiger partial charge in [0.15, 0.2) is 5.11 Å². The van der Waals surface area contributed by atoms with E-state index in [9.17, 15) is 0 Å². The number of piperidine rings is 1. The number of hydrogen-bond acceptors (Lipinski definition) is 3. The van der Waals surface area contributed by atoms with Crippen LogP contribution in [0.3, 0.4) is 0 Å². The van der Waals surface area contributed by atoms with Gasteiger partial charge in [-0.25, -0.2) is 0 Å². The average molecular weight is 400 g/mol. The van der Waals surface area contributed by atoms with Gasteiger partial charge in [-0.15, -0.1) is 11.8 Å². The van der Waals surface area contributed by atoms with Crippen LogP contribution in [0.4, 0.5) is 0 Å². The Bertz CT molecular complexity index is 682. The number of thioether (sulfide) groups is 1. The van der Waals surface area contributed by atoms with Crippen molar-refractivity contribution in [3.8, 4) is 0 Å². The summed E-state index contributed by atoms with van der Waals surface area (Å²) in [7, 11) is 0. The average Bonchev–Trinajstić information content (AvgIpc) is 2.72. The van der Waals surface area contributed by atoms with Gasteiger partial charge >= 0.3 is 0 Å². The highest BCUT2D eigenvalue weighted by molar-refractivity contribution is 7.99. The number of likely N-dealkylation sites (tertiary alicyclic amines) is 1. The fourth-order valence-corrected chi connectivity index (χ4v) is 4.20. The molecule has 1 aliphatic rings. The Morgan fingerprint density at radius 3 is 2.33 bits per heavy atom. The first-order valence-corrected chi connectivity index (χ1v) is 11.2. The zero-order valence-electron chi connectivity index (χ0n) is 15.8. The molecule has 2 aromatic rings. The lowest BCUT2D eigenvalue weighted by Gasteiger charge is -2.26. The number of hydrogen-bond donors (Lipinski definition) is 2. The molecular formula is C22H29N3S2. The fourth-order valence-electron chi connectivity index (χ4n) is 3.23. The summed E-state index contributed by atoms with van der Waals surface area (Å²) in [5.74, 6) is 0.997. The van der Waals surface area contributed by atoms with Crippen LogP contribution in [0.25, 0.3) is 0 Å². The molecule has 27 heavy (non-hydrogen) atoms. The lowest BCUT2D eigenvalue weighted by atomic mass is 10.1. The quantitative estimate of drug-likeness (QED) is 0.389. The second kappa shape index (κ2) is 11.3. The van der Waals surface area contributed by atoms with Gasteiger partial charge in [0, 0.05) is 30.3 Å². The van der Waals surface area contributed by atoms with Crippen LogP contribution in [0.2, 0.25) is 0 Å². The summed E-state index contributed by atoms with van der Waals surface area (Å²) in [5.41, 5.74) is 2.67. The van der Waals surface area contributed by atoms with Crippen molar-refractivity contribution in [2.45, 2.75) is 37.2 Å². The molecule has 5 heteroatoms. The van der Waals surface area contributed by atoms with Crippen LogP contribution in [-0.4, -0.2) is 35.4 Å². The van der Waals surface area contributed by atoms with Gasteiger partial charge in [-0.05, 0) is 61.4 Å². The molecule has 1 aliphatic heterocycles. The fraction of sp³-hybridized carbons (Fsp3) is 0.409. The Hall–Kier alpha value is -1.56. The summed E-state index contributed by atoms with van der Waals surface area (Å²) >= 11 is 7.22. The maximum atomic E-state index is 5.38. The predicted octanol–water partition coefficient (Wildman–Crippen LogP) is 4.43. The molecule has 1 fully saturated rings. The molecule has 0 aliphatic carbocycles. The lowest BCUT2D eigenvalue weighted by Crippen LogP contribution is -2.36. The largest absolute Gasteiger partial charge is 0.362 e. The van der Waals surface area contributed by atoms with Crippen LogP contribution in [0.1, 0.15) is 30.4 Å². The van der Waals surface area contributed by atoms with Crippen LogP contribution in [0.15, 0.2) is 59.5 Å². The topological polar surface area (TPSA) is 27.3 Å². The van der Waals surface area contributed by atoms with Crippen molar-refractivity contribution in [1.29, 1.82) is 0 Å². The highest BCUT2D eigenvalue weighted by Crippen LogP contribution is 2.16. The van der Waals surface area contributed by atoms with Crippen molar-refractivity contribution in [3.05, 3.63) is 65.7 Å². The van der Waals surface area contributed by atoms with Gasteiger partial charge < -0.3 is 10.6 Å². The molecule has 0 amide bonds. The van der Waals surface area contributed by atoms with Crippen molar-refractivity contribution >= 4 is 29.1 Å². The maximum absolute atomic E-state index is 5.38. The molecule has 144 valence electrons. The molecule has 2 N–H and O–H groups in total. The van der Waals surface area contributed by atoms with Gasteiger partial charge in [-0.1, -0.05) is 48.9 Å². The van der Waals surface area contributed by atoms with Gasteiger partial charge in [0.1, 0.15) is 0 Å². The van der Waals surface area contributed by atoms with Crippen LogP contribution in [-0.2, 0) is 13.1 Å². The highest BCUT2D eigenvalue weighted by atomic mass is 32.2.